The number of piperidine rings is 1. The van der Waals surface area contributed by atoms with E-state index >= 15 is 0 Å². The van der Waals surface area contributed by atoms with Crippen LogP contribution in [0.1, 0.15) is 96.9 Å². The van der Waals surface area contributed by atoms with E-state index < -0.39 is 17.6 Å². The number of hydrogen-bond acceptors (Lipinski definition) is 8. The van der Waals surface area contributed by atoms with Crippen LogP contribution in [0.3, 0.4) is 0 Å². The number of phenols is 1. The maximum absolute atomic E-state index is 13.8. The van der Waals surface area contributed by atoms with Crippen LogP contribution in [-0.4, -0.2) is 79.8 Å². The van der Waals surface area contributed by atoms with Crippen LogP contribution in [0.25, 0.3) is 16.8 Å². The summed E-state index contributed by atoms with van der Waals surface area (Å²) in [5.74, 6) is 0.228. The number of hydrogen-bond donors (Lipinski definition) is 2. The summed E-state index contributed by atoms with van der Waals surface area (Å²) < 4.78 is 22.7. The number of esters is 1. The number of ether oxygens (including phenoxy) is 3. The number of pyridine rings is 1. The molecule has 3 aromatic heterocycles. The number of aliphatic hydroxyl groups is 1. The number of benzene rings is 1. The number of aromatic nitrogens is 3. The van der Waals surface area contributed by atoms with E-state index in [-0.39, 0.29) is 41.9 Å². The SMILES string of the molecule is Cc1c(C(=O)OC(C)C)cc2c(-c3ccnn3C3CCCCO3)ccn2c1C(C)c1cc(O)c2c3c1C[C@@H]1[C@@H]4C=C[C@H](O)[C@H](O2)[C@]34CCN1C. The summed E-state index contributed by atoms with van der Waals surface area (Å²) in [5.41, 5.74) is 7.94. The van der Waals surface area contributed by atoms with Gasteiger partial charge in [0.2, 0.25) is 0 Å². The number of carbonyl (C=O) groups excluding carboxylic acids is 1. The van der Waals surface area contributed by atoms with Crippen LogP contribution in [0.2, 0.25) is 0 Å². The van der Waals surface area contributed by atoms with Gasteiger partial charge in [0.15, 0.2) is 17.7 Å². The number of phenolic OH excluding ortho intramolecular Hbond substituents is 1. The summed E-state index contributed by atoms with van der Waals surface area (Å²) in [5, 5.41) is 27.6. The third-order valence-electron chi connectivity index (χ3n) is 12.4. The lowest BCUT2D eigenvalue weighted by Gasteiger charge is -2.56. The highest BCUT2D eigenvalue weighted by Gasteiger charge is 2.64. The maximum Gasteiger partial charge on any atom is 0.338 e. The van der Waals surface area contributed by atoms with Crippen molar-refractivity contribution < 1.29 is 29.2 Å². The molecular formula is C40H46N4O6. The third kappa shape index (κ3) is 4.37. The second kappa shape index (κ2) is 11.4. The zero-order valence-electron chi connectivity index (χ0n) is 29.4. The molecule has 0 amide bonds. The molecule has 3 aliphatic heterocycles. The average molecular weight is 679 g/mol. The lowest BCUT2D eigenvalue weighted by molar-refractivity contribution is -0.0454. The van der Waals surface area contributed by atoms with Crippen molar-refractivity contribution >= 4 is 11.5 Å². The van der Waals surface area contributed by atoms with E-state index in [9.17, 15) is 15.0 Å². The van der Waals surface area contributed by atoms with Crippen molar-refractivity contribution in [2.45, 2.75) is 102 Å². The number of aromatic hydroxyl groups is 1. The van der Waals surface area contributed by atoms with Gasteiger partial charge in [-0.05, 0) is 107 Å². The second-order valence-corrected chi connectivity index (χ2v) is 15.4. The Labute approximate surface area is 292 Å². The van der Waals surface area contributed by atoms with Gasteiger partial charge in [0, 0.05) is 59.1 Å². The normalized spacial score (nSPS) is 28.9. The summed E-state index contributed by atoms with van der Waals surface area (Å²) in [6, 6.07) is 8.17. The highest BCUT2D eigenvalue weighted by Crippen LogP contribution is 2.63. The average Bonchev–Trinajstić information content (AvgIpc) is 3.83. The predicted molar refractivity (Wildman–Crippen MR) is 188 cm³/mol. The number of likely N-dealkylation sites (tertiary alicyclic amines) is 1. The van der Waals surface area contributed by atoms with Crippen molar-refractivity contribution in [3.8, 4) is 22.8 Å². The van der Waals surface area contributed by atoms with Gasteiger partial charge in [0.25, 0.3) is 0 Å². The highest BCUT2D eigenvalue weighted by atomic mass is 16.5. The van der Waals surface area contributed by atoms with E-state index in [0.717, 1.165) is 77.8 Å². The van der Waals surface area contributed by atoms with Crippen molar-refractivity contribution in [2.24, 2.45) is 5.92 Å². The Kier molecular flexibility index (Phi) is 7.29. The first-order valence-corrected chi connectivity index (χ1v) is 18.2. The minimum absolute atomic E-state index is 0.103. The monoisotopic (exact) mass is 678 g/mol. The molecule has 6 heterocycles. The number of carbonyl (C=O) groups is 1. The van der Waals surface area contributed by atoms with Crippen molar-refractivity contribution in [2.75, 3.05) is 20.2 Å². The van der Waals surface area contributed by atoms with E-state index in [1.165, 1.54) is 5.56 Å². The van der Waals surface area contributed by atoms with E-state index in [1.807, 2.05) is 55.9 Å². The zero-order valence-corrected chi connectivity index (χ0v) is 29.4. The molecule has 5 aliphatic rings. The lowest BCUT2D eigenvalue weighted by Crippen LogP contribution is -2.64. The summed E-state index contributed by atoms with van der Waals surface area (Å²) >= 11 is 0. The molecule has 2 aliphatic carbocycles. The lowest BCUT2D eigenvalue weighted by atomic mass is 9.52. The summed E-state index contributed by atoms with van der Waals surface area (Å²) in [4.78, 5) is 16.2. The Hall–Kier alpha value is -4.12. The summed E-state index contributed by atoms with van der Waals surface area (Å²) in [7, 11) is 2.19. The van der Waals surface area contributed by atoms with Crippen LogP contribution < -0.4 is 4.74 Å². The molecule has 2 saturated heterocycles. The Morgan fingerprint density at radius 1 is 1.16 bits per heavy atom. The van der Waals surface area contributed by atoms with Crippen molar-refractivity contribution in [1.82, 2.24) is 19.1 Å². The first-order chi connectivity index (χ1) is 24.1. The quantitative estimate of drug-likeness (QED) is 0.188. The van der Waals surface area contributed by atoms with Crippen molar-refractivity contribution in [3.05, 3.63) is 82.3 Å². The molecule has 2 unspecified atom stereocenters. The van der Waals surface area contributed by atoms with Gasteiger partial charge in [-0.15, -0.1) is 0 Å². The zero-order chi connectivity index (χ0) is 34.6. The van der Waals surface area contributed by atoms with E-state index in [0.29, 0.717) is 17.9 Å². The van der Waals surface area contributed by atoms with E-state index in [1.54, 1.807) is 0 Å². The molecule has 0 radical (unpaired) electrons. The number of likely N-dealkylation sites (N-methyl/N-ethyl adjacent to an activating group) is 1. The standard InChI is InChI=1S/C40H46N4O6/c1-21(2)49-39(47)26-18-30-24(29-11-14-41-44(29)34-8-6-7-17-48-34)12-15-43(30)36(23(26)4)22(3)25-20-33(46)37-35-27(25)19-31-28-9-10-32(45)38(50-37)40(28,35)13-16-42(31)5/h9-12,14-15,18,20-22,28,31-32,34,38,45-46H,6-8,13,16-17,19H2,1-5H3/t22?,28-,31+,32-,34?,38-,40-/m0/s1. The second-order valence-electron chi connectivity index (χ2n) is 15.4. The molecule has 7 atom stereocenters. The molecule has 2 fully saturated rings. The van der Waals surface area contributed by atoms with Crippen LogP contribution in [0.5, 0.6) is 11.5 Å². The topological polar surface area (TPSA) is 111 Å². The molecule has 10 heteroatoms. The molecular weight excluding hydrogens is 632 g/mol. The van der Waals surface area contributed by atoms with E-state index in [2.05, 4.69) is 46.7 Å². The Morgan fingerprint density at radius 3 is 2.78 bits per heavy atom. The van der Waals surface area contributed by atoms with Gasteiger partial charge in [0.1, 0.15) is 12.2 Å². The largest absolute Gasteiger partial charge is 0.504 e. The minimum Gasteiger partial charge on any atom is -0.504 e. The smallest absolute Gasteiger partial charge is 0.338 e. The Balaban J connectivity index is 1.25. The first kappa shape index (κ1) is 31.8. The number of nitrogens with zero attached hydrogens (tertiary/aromatic N) is 4. The van der Waals surface area contributed by atoms with E-state index in [4.69, 9.17) is 14.2 Å². The molecule has 1 spiro atoms. The maximum atomic E-state index is 13.8. The van der Waals surface area contributed by atoms with Crippen molar-refractivity contribution in [3.63, 3.8) is 0 Å². The first-order valence-electron chi connectivity index (χ1n) is 18.2. The van der Waals surface area contributed by atoms with Gasteiger partial charge in [-0.3, -0.25) is 0 Å². The predicted octanol–water partition coefficient (Wildman–Crippen LogP) is 6.04. The van der Waals surface area contributed by atoms with Crippen LogP contribution in [0.15, 0.2) is 48.8 Å². The van der Waals surface area contributed by atoms with Crippen LogP contribution >= 0.6 is 0 Å². The fourth-order valence-corrected chi connectivity index (χ4v) is 10.2. The summed E-state index contributed by atoms with van der Waals surface area (Å²) in [6.45, 7) is 9.51. The molecule has 1 aromatic carbocycles. The van der Waals surface area contributed by atoms with Gasteiger partial charge in [-0.25, -0.2) is 9.48 Å². The summed E-state index contributed by atoms with van der Waals surface area (Å²) in [6.07, 6.45) is 11.0. The molecule has 262 valence electrons. The fraction of sp³-hybridized carbons (Fsp3) is 0.500. The molecule has 2 N–H and O–H groups in total. The molecule has 10 nitrogen and oxygen atoms in total. The van der Waals surface area contributed by atoms with Gasteiger partial charge >= 0.3 is 5.97 Å². The van der Waals surface area contributed by atoms with Gasteiger partial charge in [-0.2, -0.15) is 5.10 Å². The van der Waals surface area contributed by atoms with Crippen LogP contribution in [-0.2, 0) is 21.3 Å². The number of aliphatic hydroxyl groups excluding tert-OH is 1. The van der Waals surface area contributed by atoms with Crippen LogP contribution in [0.4, 0.5) is 0 Å². The molecule has 50 heavy (non-hydrogen) atoms. The van der Waals surface area contributed by atoms with Gasteiger partial charge in [-0.1, -0.05) is 19.1 Å². The fourth-order valence-electron chi connectivity index (χ4n) is 10.2. The number of fused-ring (bicyclic) bond motifs is 1. The molecule has 9 rings (SSSR count). The Bertz CT molecular complexity index is 2060. The minimum atomic E-state index is -0.745. The van der Waals surface area contributed by atoms with Gasteiger partial charge < -0.3 is 33.7 Å². The molecule has 2 bridgehead atoms. The third-order valence-corrected chi connectivity index (χ3v) is 12.4. The Morgan fingerprint density at radius 2 is 2.00 bits per heavy atom. The van der Waals surface area contributed by atoms with Gasteiger partial charge in [0.05, 0.1) is 22.9 Å². The molecule has 4 aromatic rings. The molecule has 0 saturated carbocycles. The highest BCUT2D eigenvalue weighted by molar-refractivity contribution is 5.95. The number of rotatable bonds is 6. The van der Waals surface area contributed by atoms with Crippen LogP contribution in [0, 0.1) is 12.8 Å². The van der Waals surface area contributed by atoms with Crippen molar-refractivity contribution in [1.29, 1.82) is 0 Å².